The lowest BCUT2D eigenvalue weighted by Crippen LogP contribution is -2.18. The Labute approximate surface area is 74.1 Å². The molecule has 0 amide bonds. The van der Waals surface area contributed by atoms with Crippen molar-refractivity contribution in [2.75, 3.05) is 11.0 Å². The van der Waals surface area contributed by atoms with E-state index in [1.54, 1.807) is 0 Å². The van der Waals surface area contributed by atoms with Crippen LogP contribution in [0.5, 0.6) is 0 Å². The Bertz CT molecular complexity index is 119. The molecule has 4 nitrogen and oxygen atoms in total. The Morgan fingerprint density at radius 3 is 1.50 bits per heavy atom. The van der Waals surface area contributed by atoms with Crippen molar-refractivity contribution in [3.05, 3.63) is 0 Å². The summed E-state index contributed by atoms with van der Waals surface area (Å²) in [4.78, 5) is 20.8. The molecule has 0 aliphatic carbocycles. The predicted molar refractivity (Wildman–Crippen MR) is 39.8 cm³/mol. The van der Waals surface area contributed by atoms with Crippen molar-refractivity contribution in [3.63, 3.8) is 0 Å². The fourth-order valence-corrected chi connectivity index (χ4v) is 0.633. The summed E-state index contributed by atoms with van der Waals surface area (Å²) >= 11 is 5.61. The van der Waals surface area contributed by atoms with E-state index in [4.69, 9.17) is 0 Å². The monoisotopic (exact) mass is 274 g/mol. The molecular weight excluding hydrogens is 272 g/mol. The third-order valence-electron chi connectivity index (χ3n) is 0.538. The van der Waals surface area contributed by atoms with Gasteiger partial charge in [0, 0.05) is 0 Å². The molecule has 0 radical (unpaired) electrons. The van der Waals surface area contributed by atoms with Gasteiger partial charge in [0.2, 0.25) is 0 Å². The highest BCUT2D eigenvalue weighted by Crippen LogP contribution is 1.90. The van der Waals surface area contributed by atoms with Gasteiger partial charge in [-0.3, -0.25) is 0 Å². The van der Waals surface area contributed by atoms with Crippen molar-refractivity contribution < 1.29 is 19.1 Å². The molecule has 10 heavy (non-hydrogen) atoms. The van der Waals surface area contributed by atoms with E-state index in [9.17, 15) is 9.59 Å². The molecule has 0 N–H and O–H groups in total. The van der Waals surface area contributed by atoms with Crippen LogP contribution in [-0.2, 0) is 19.1 Å². The van der Waals surface area contributed by atoms with Crippen molar-refractivity contribution in [2.45, 2.75) is 0 Å². The van der Waals surface area contributed by atoms with Gasteiger partial charge >= 0.3 is 11.9 Å². The van der Waals surface area contributed by atoms with Crippen LogP contribution in [0.3, 0.4) is 0 Å². The van der Waals surface area contributed by atoms with Gasteiger partial charge in [0.25, 0.3) is 0 Å². The highest BCUT2D eigenvalue weighted by Gasteiger charge is 2.15. The lowest BCUT2D eigenvalue weighted by Gasteiger charge is -1.97. The lowest BCUT2D eigenvalue weighted by molar-refractivity contribution is -0.164. The van der Waals surface area contributed by atoms with Crippen LogP contribution in [0, 0.1) is 0 Å². The summed E-state index contributed by atoms with van der Waals surface area (Å²) in [6.07, 6.45) is 0. The van der Waals surface area contributed by atoms with Crippen LogP contribution in [0.1, 0.15) is 0 Å². The fraction of sp³-hybridized carbons (Fsp3) is 0.500. The van der Waals surface area contributed by atoms with E-state index in [2.05, 4.69) is 41.3 Å². The summed E-state index contributed by atoms with van der Waals surface area (Å²) in [6.45, 7) is 0. The van der Waals surface area contributed by atoms with E-state index in [0.29, 0.717) is 0 Å². The molecule has 0 heterocycles. The molecule has 0 saturated heterocycles. The molecule has 0 aliphatic rings. The van der Waals surface area contributed by atoms with Crippen LogP contribution in [0.15, 0.2) is 0 Å². The third kappa shape index (κ3) is 3.84. The molecule has 58 valence electrons. The van der Waals surface area contributed by atoms with Gasteiger partial charge < -0.3 is 9.47 Å². The van der Waals surface area contributed by atoms with E-state index in [0.717, 1.165) is 0 Å². The van der Waals surface area contributed by atoms with Crippen molar-refractivity contribution in [3.8, 4) is 0 Å². The highest BCUT2D eigenvalue weighted by atomic mass is 79.9. The molecular formula is C4H4Br2O4. The van der Waals surface area contributed by atoms with Crippen LogP contribution >= 0.6 is 31.9 Å². The molecule has 0 aliphatic heterocycles. The quantitative estimate of drug-likeness (QED) is 0.425. The molecule has 0 spiro atoms. The smallest absolute Gasteiger partial charge is 0.418 e. The maximum atomic E-state index is 10.4. The van der Waals surface area contributed by atoms with Crippen molar-refractivity contribution in [1.29, 1.82) is 0 Å². The zero-order chi connectivity index (χ0) is 7.98. The highest BCUT2D eigenvalue weighted by molar-refractivity contribution is 9.09. The average Bonchev–Trinajstić information content (AvgIpc) is 1.89. The van der Waals surface area contributed by atoms with Crippen LogP contribution in [0.2, 0.25) is 0 Å². The second-order valence-corrected chi connectivity index (χ2v) is 2.00. The number of hydrogen-bond donors (Lipinski definition) is 0. The summed E-state index contributed by atoms with van der Waals surface area (Å²) < 4.78 is 8.48. The standard InChI is InChI=1S/C4H4Br2O4/c5-1-9-3(7)4(8)10-2-6/h1-2H2. The van der Waals surface area contributed by atoms with Gasteiger partial charge in [-0.25, -0.2) is 9.59 Å². The second-order valence-electron chi connectivity index (χ2n) is 1.08. The molecule has 0 aromatic rings. The number of rotatable bonds is 2. The first-order valence-electron chi connectivity index (χ1n) is 2.18. The minimum absolute atomic E-state index is 0.0107. The minimum Gasteiger partial charge on any atom is -0.446 e. The van der Waals surface area contributed by atoms with Crippen LogP contribution < -0.4 is 0 Å². The minimum atomic E-state index is -1.00. The third-order valence-corrected chi connectivity index (χ3v) is 0.996. The molecule has 0 aromatic carbocycles. The largest absolute Gasteiger partial charge is 0.446 e. The number of carbonyl (C=O) groups excluding carboxylic acids is 2. The van der Waals surface area contributed by atoms with Crippen molar-refractivity contribution in [1.82, 2.24) is 0 Å². The van der Waals surface area contributed by atoms with Gasteiger partial charge in [0.1, 0.15) is 11.0 Å². The van der Waals surface area contributed by atoms with E-state index in [-0.39, 0.29) is 11.0 Å². The summed E-state index contributed by atoms with van der Waals surface area (Å²) in [5.74, 6) is -2.01. The van der Waals surface area contributed by atoms with E-state index in [1.807, 2.05) is 0 Å². The number of hydrogen-bond acceptors (Lipinski definition) is 4. The molecule has 0 bridgehead atoms. The SMILES string of the molecule is O=C(OCBr)C(=O)OCBr. The zero-order valence-corrected chi connectivity index (χ0v) is 7.98. The summed E-state index contributed by atoms with van der Waals surface area (Å²) in [5.41, 5.74) is -0.0214. The molecule has 6 heteroatoms. The Kier molecular flexibility index (Phi) is 5.61. The van der Waals surface area contributed by atoms with Crippen molar-refractivity contribution in [2.24, 2.45) is 0 Å². The first-order chi connectivity index (χ1) is 4.72. The number of halogens is 2. The summed E-state index contributed by atoms with van der Waals surface area (Å²) in [5, 5.41) is 0. The Hall–Kier alpha value is -0.100. The van der Waals surface area contributed by atoms with Crippen LogP contribution in [0.4, 0.5) is 0 Å². The summed E-state index contributed by atoms with van der Waals surface area (Å²) in [7, 11) is 0. The molecule has 0 aromatic heterocycles. The summed E-state index contributed by atoms with van der Waals surface area (Å²) in [6, 6.07) is 0. The topological polar surface area (TPSA) is 52.6 Å². The van der Waals surface area contributed by atoms with Gasteiger partial charge in [-0.05, 0) is 31.9 Å². The predicted octanol–water partition coefficient (Wildman–Crippen LogP) is 0.778. The number of carbonyl (C=O) groups is 2. The molecule has 0 fully saturated rings. The average molecular weight is 276 g/mol. The second kappa shape index (κ2) is 5.67. The Morgan fingerprint density at radius 2 is 1.30 bits per heavy atom. The Morgan fingerprint density at radius 1 is 1.00 bits per heavy atom. The number of esters is 2. The van der Waals surface area contributed by atoms with Gasteiger partial charge in [-0.15, -0.1) is 0 Å². The maximum absolute atomic E-state index is 10.4. The number of ether oxygens (including phenoxy) is 2. The molecule has 0 rings (SSSR count). The van der Waals surface area contributed by atoms with Crippen LogP contribution in [0.25, 0.3) is 0 Å². The molecule has 0 unspecified atom stereocenters. The zero-order valence-electron chi connectivity index (χ0n) is 4.80. The van der Waals surface area contributed by atoms with E-state index in [1.165, 1.54) is 0 Å². The van der Waals surface area contributed by atoms with Gasteiger partial charge in [0.05, 0.1) is 0 Å². The molecule has 0 atom stereocenters. The number of alkyl halides is 2. The van der Waals surface area contributed by atoms with Crippen LogP contribution in [-0.4, -0.2) is 23.0 Å². The molecule has 0 saturated carbocycles. The lowest BCUT2D eigenvalue weighted by atomic mass is 10.7. The van der Waals surface area contributed by atoms with E-state index < -0.39 is 11.9 Å². The van der Waals surface area contributed by atoms with Gasteiger partial charge in [-0.1, -0.05) is 0 Å². The first kappa shape index (κ1) is 9.90. The normalized spacial score (nSPS) is 8.60. The van der Waals surface area contributed by atoms with E-state index >= 15 is 0 Å². The van der Waals surface area contributed by atoms with Crippen molar-refractivity contribution >= 4 is 43.8 Å². The first-order valence-corrected chi connectivity index (χ1v) is 4.42. The van der Waals surface area contributed by atoms with Gasteiger partial charge in [-0.2, -0.15) is 0 Å². The van der Waals surface area contributed by atoms with Gasteiger partial charge in [0.15, 0.2) is 0 Å². The maximum Gasteiger partial charge on any atom is 0.418 e. The Balaban J connectivity index is 3.60. The fourth-order valence-electron chi connectivity index (χ4n) is 0.217.